The first-order valence-electron chi connectivity index (χ1n) is 8.46. The molecule has 132 valence electrons. The van der Waals surface area contributed by atoms with Crippen LogP contribution in [0.3, 0.4) is 0 Å². The molecule has 0 saturated carbocycles. The van der Waals surface area contributed by atoms with Crippen molar-refractivity contribution in [2.45, 2.75) is 17.7 Å². The summed E-state index contributed by atoms with van der Waals surface area (Å²) in [6.07, 6.45) is 1.27. The number of sulfonamides is 1. The zero-order chi connectivity index (χ0) is 18.1. The number of para-hydroxylation sites is 2. The van der Waals surface area contributed by atoms with Gasteiger partial charge in [-0.25, -0.2) is 8.42 Å². The summed E-state index contributed by atoms with van der Waals surface area (Å²) in [5.41, 5.74) is 1.01. The Balaban J connectivity index is 1.71. The second kappa shape index (κ2) is 6.46. The molecule has 3 aromatic carbocycles. The molecule has 1 aliphatic heterocycles. The predicted octanol–water partition coefficient (Wildman–Crippen LogP) is 3.77. The fourth-order valence-corrected chi connectivity index (χ4v) is 4.35. The lowest BCUT2D eigenvalue weighted by atomic mass is 10.1. The van der Waals surface area contributed by atoms with E-state index in [-0.39, 0.29) is 10.8 Å². The first-order valence-corrected chi connectivity index (χ1v) is 9.94. The molecule has 3 aromatic rings. The molecule has 6 heteroatoms. The summed E-state index contributed by atoms with van der Waals surface area (Å²) in [5.74, 6) is 0.0161. The van der Waals surface area contributed by atoms with Crippen LogP contribution < -0.4 is 9.62 Å². The van der Waals surface area contributed by atoms with E-state index in [0.717, 1.165) is 17.2 Å². The molecule has 0 aliphatic carbocycles. The lowest BCUT2D eigenvalue weighted by Crippen LogP contribution is -2.25. The van der Waals surface area contributed by atoms with E-state index < -0.39 is 10.0 Å². The maximum absolute atomic E-state index is 12.9. The average Bonchev–Trinajstić information content (AvgIpc) is 3.07. The number of rotatable bonds is 4. The lowest BCUT2D eigenvalue weighted by Gasteiger charge is -2.20. The zero-order valence-electron chi connectivity index (χ0n) is 14.1. The maximum atomic E-state index is 12.9. The number of fused-ring (bicyclic) bond motifs is 1. The van der Waals surface area contributed by atoms with Gasteiger partial charge in [-0.3, -0.25) is 9.52 Å². The van der Waals surface area contributed by atoms with Gasteiger partial charge in [0.2, 0.25) is 5.91 Å². The van der Waals surface area contributed by atoms with Crippen LogP contribution in [0.2, 0.25) is 0 Å². The van der Waals surface area contributed by atoms with Crippen molar-refractivity contribution in [1.29, 1.82) is 0 Å². The molecule has 0 radical (unpaired) electrons. The van der Waals surface area contributed by atoms with Crippen molar-refractivity contribution < 1.29 is 13.2 Å². The Morgan fingerprint density at radius 3 is 2.38 bits per heavy atom. The number of carbonyl (C=O) groups excluding carboxylic acids is 1. The van der Waals surface area contributed by atoms with Crippen molar-refractivity contribution in [3.63, 3.8) is 0 Å². The maximum Gasteiger partial charge on any atom is 0.261 e. The number of amides is 1. The van der Waals surface area contributed by atoms with E-state index >= 15 is 0 Å². The number of benzene rings is 3. The van der Waals surface area contributed by atoms with Gasteiger partial charge in [-0.1, -0.05) is 42.5 Å². The minimum absolute atomic E-state index is 0.0161. The molecule has 0 spiro atoms. The van der Waals surface area contributed by atoms with Crippen LogP contribution in [-0.4, -0.2) is 20.9 Å². The molecule has 0 aromatic heterocycles. The number of anilines is 2. The summed E-state index contributed by atoms with van der Waals surface area (Å²) in [7, 11) is -3.76. The van der Waals surface area contributed by atoms with E-state index in [2.05, 4.69) is 4.72 Å². The van der Waals surface area contributed by atoms with Crippen LogP contribution in [-0.2, 0) is 14.8 Å². The molecule has 1 N–H and O–H groups in total. The summed E-state index contributed by atoms with van der Waals surface area (Å²) >= 11 is 0. The van der Waals surface area contributed by atoms with Gasteiger partial charge in [-0.05, 0) is 41.5 Å². The number of nitrogens with zero attached hydrogens (tertiary/aromatic N) is 1. The van der Waals surface area contributed by atoms with Gasteiger partial charge in [0.25, 0.3) is 10.0 Å². The normalized spacial score (nSPS) is 14.8. The highest BCUT2D eigenvalue weighted by Crippen LogP contribution is 2.31. The van der Waals surface area contributed by atoms with Crippen molar-refractivity contribution in [1.82, 2.24) is 0 Å². The Labute approximate surface area is 152 Å². The molecule has 1 saturated heterocycles. The zero-order valence-corrected chi connectivity index (χ0v) is 14.9. The number of carbonyl (C=O) groups is 1. The van der Waals surface area contributed by atoms with Crippen LogP contribution >= 0.6 is 0 Å². The summed E-state index contributed by atoms with van der Waals surface area (Å²) in [6, 6.07) is 19.6. The van der Waals surface area contributed by atoms with Crippen molar-refractivity contribution in [2.75, 3.05) is 16.2 Å². The first kappa shape index (κ1) is 16.6. The molecule has 4 rings (SSSR count). The van der Waals surface area contributed by atoms with Gasteiger partial charge in [-0.2, -0.15) is 0 Å². The molecule has 1 amide bonds. The van der Waals surface area contributed by atoms with Crippen LogP contribution in [0.4, 0.5) is 11.4 Å². The van der Waals surface area contributed by atoms with Crippen molar-refractivity contribution >= 4 is 38.1 Å². The van der Waals surface area contributed by atoms with Crippen molar-refractivity contribution in [2.24, 2.45) is 0 Å². The van der Waals surface area contributed by atoms with E-state index in [1.807, 2.05) is 24.3 Å². The molecular weight excluding hydrogens is 348 g/mol. The largest absolute Gasteiger partial charge is 0.310 e. The summed E-state index contributed by atoms with van der Waals surface area (Å²) in [5, 5.41) is 1.84. The van der Waals surface area contributed by atoms with Gasteiger partial charge in [0.15, 0.2) is 0 Å². The quantitative estimate of drug-likeness (QED) is 0.764. The number of nitrogens with one attached hydrogen (secondary N) is 1. The summed E-state index contributed by atoms with van der Waals surface area (Å²) in [4.78, 5) is 13.9. The lowest BCUT2D eigenvalue weighted by molar-refractivity contribution is -0.117. The SMILES string of the molecule is O=C1CCCN1c1ccccc1NS(=O)(=O)c1ccc2ccccc2c1. The number of hydrogen-bond acceptors (Lipinski definition) is 3. The molecule has 0 bridgehead atoms. The molecule has 1 heterocycles. The Morgan fingerprint density at radius 1 is 0.885 bits per heavy atom. The molecule has 0 atom stereocenters. The second-order valence-electron chi connectivity index (χ2n) is 6.28. The van der Waals surface area contributed by atoms with Crippen LogP contribution in [0.25, 0.3) is 10.8 Å². The third-order valence-electron chi connectivity index (χ3n) is 4.54. The van der Waals surface area contributed by atoms with E-state index in [4.69, 9.17) is 0 Å². The first-order chi connectivity index (χ1) is 12.5. The van der Waals surface area contributed by atoms with E-state index in [1.165, 1.54) is 0 Å². The van der Waals surface area contributed by atoms with Crippen LogP contribution in [0.15, 0.2) is 71.6 Å². The highest BCUT2D eigenvalue weighted by Gasteiger charge is 2.25. The Bertz CT molecular complexity index is 1090. The third kappa shape index (κ3) is 3.04. The highest BCUT2D eigenvalue weighted by atomic mass is 32.2. The smallest absolute Gasteiger partial charge is 0.261 e. The van der Waals surface area contributed by atoms with Gasteiger partial charge in [-0.15, -0.1) is 0 Å². The van der Waals surface area contributed by atoms with Gasteiger partial charge in [0.05, 0.1) is 16.3 Å². The minimum atomic E-state index is -3.76. The molecule has 1 aliphatic rings. The van der Waals surface area contributed by atoms with Gasteiger partial charge < -0.3 is 4.90 Å². The molecule has 1 fully saturated rings. The third-order valence-corrected chi connectivity index (χ3v) is 5.91. The predicted molar refractivity (Wildman–Crippen MR) is 103 cm³/mol. The van der Waals surface area contributed by atoms with E-state index in [0.29, 0.717) is 24.3 Å². The minimum Gasteiger partial charge on any atom is -0.310 e. The molecule has 26 heavy (non-hydrogen) atoms. The van der Waals surface area contributed by atoms with Gasteiger partial charge >= 0.3 is 0 Å². The van der Waals surface area contributed by atoms with Crippen molar-refractivity contribution in [3.05, 3.63) is 66.7 Å². The highest BCUT2D eigenvalue weighted by molar-refractivity contribution is 7.92. The number of hydrogen-bond donors (Lipinski definition) is 1. The fraction of sp³-hybridized carbons (Fsp3) is 0.150. The molecular formula is C20H18N2O3S. The monoisotopic (exact) mass is 366 g/mol. The van der Waals surface area contributed by atoms with Crippen molar-refractivity contribution in [3.8, 4) is 0 Å². The Hall–Kier alpha value is -2.86. The Kier molecular flexibility index (Phi) is 4.12. The van der Waals surface area contributed by atoms with Gasteiger partial charge in [0, 0.05) is 13.0 Å². The average molecular weight is 366 g/mol. The van der Waals surface area contributed by atoms with Crippen LogP contribution in [0.1, 0.15) is 12.8 Å². The summed E-state index contributed by atoms with van der Waals surface area (Å²) < 4.78 is 28.4. The topological polar surface area (TPSA) is 66.5 Å². The molecule has 5 nitrogen and oxygen atoms in total. The standard InChI is InChI=1S/C20H18N2O3S/c23-20-10-5-13-22(20)19-9-4-3-8-18(19)21-26(24,25)17-12-11-15-6-1-2-7-16(15)14-17/h1-4,6-9,11-12,14,21H,5,10,13H2. The molecule has 0 unspecified atom stereocenters. The van der Waals surface area contributed by atoms with E-state index in [9.17, 15) is 13.2 Å². The van der Waals surface area contributed by atoms with Gasteiger partial charge in [0.1, 0.15) is 0 Å². The Morgan fingerprint density at radius 2 is 1.62 bits per heavy atom. The summed E-state index contributed by atoms with van der Waals surface area (Å²) in [6.45, 7) is 0.605. The van der Waals surface area contributed by atoms with Crippen LogP contribution in [0.5, 0.6) is 0 Å². The second-order valence-corrected chi connectivity index (χ2v) is 7.96. The van der Waals surface area contributed by atoms with E-state index in [1.54, 1.807) is 47.4 Å². The van der Waals surface area contributed by atoms with Crippen LogP contribution in [0, 0.1) is 0 Å². The fourth-order valence-electron chi connectivity index (χ4n) is 3.24.